The normalized spacial score (nSPS) is 13.0. The molecule has 0 N–H and O–H groups in total. The molecule has 1 aliphatic rings. The lowest BCUT2D eigenvalue weighted by Crippen LogP contribution is -2.30. The molecule has 0 unspecified atom stereocenters. The number of carbonyl (C=O) groups is 1. The lowest BCUT2D eigenvalue weighted by Gasteiger charge is -2.21. The molecule has 0 saturated carbocycles. The molecule has 0 atom stereocenters. The number of hydrogen-bond donors (Lipinski definition) is 0. The third-order valence-corrected chi connectivity index (χ3v) is 6.57. The minimum atomic E-state index is 0.0220. The lowest BCUT2D eigenvalue weighted by molar-refractivity contribution is 0.0985. The summed E-state index contributed by atoms with van der Waals surface area (Å²) in [7, 11) is 0. The molecule has 1 aliphatic heterocycles. The number of fused-ring (bicyclic) bond motifs is 2. The summed E-state index contributed by atoms with van der Waals surface area (Å²) >= 11 is 1.59. The number of amides is 1. The summed E-state index contributed by atoms with van der Waals surface area (Å²) in [6.07, 6.45) is 0. The average molecular weight is 428 g/mol. The molecule has 1 aromatic heterocycles. The van der Waals surface area contributed by atoms with Crippen molar-refractivity contribution in [1.82, 2.24) is 10.1 Å². The molecule has 0 aliphatic carbocycles. The van der Waals surface area contributed by atoms with Crippen molar-refractivity contribution >= 4 is 23.4 Å². The van der Waals surface area contributed by atoms with E-state index in [4.69, 9.17) is 4.52 Å². The van der Waals surface area contributed by atoms with Crippen LogP contribution in [0, 0.1) is 13.8 Å². The fourth-order valence-electron chi connectivity index (χ4n) is 3.88. The number of hydrogen-bond acceptors (Lipinski definition) is 5. The van der Waals surface area contributed by atoms with Gasteiger partial charge in [-0.1, -0.05) is 46.7 Å². The molecule has 3 aromatic carbocycles. The Morgan fingerprint density at radius 1 is 0.968 bits per heavy atom. The zero-order chi connectivity index (χ0) is 21.5. The Bertz CT molecular complexity index is 1310. The molecule has 0 radical (unpaired) electrons. The van der Waals surface area contributed by atoms with Gasteiger partial charge in [-0.2, -0.15) is 4.98 Å². The van der Waals surface area contributed by atoms with Gasteiger partial charge in [0.05, 0.1) is 11.3 Å². The first-order valence-corrected chi connectivity index (χ1v) is 11.0. The number of carbonyl (C=O) groups excluding carboxylic acids is 1. The molecular formula is C25H21N3O2S. The topological polar surface area (TPSA) is 59.2 Å². The van der Waals surface area contributed by atoms with Crippen molar-refractivity contribution < 1.29 is 9.32 Å². The SMILES string of the molecule is CCN1C(=O)c2ccccc2Sc2cc(-c3noc(-c4ccc(C)cc4C)n3)ccc21. The Morgan fingerprint density at radius 2 is 1.81 bits per heavy atom. The first-order chi connectivity index (χ1) is 15.0. The van der Waals surface area contributed by atoms with Crippen LogP contribution in [0.3, 0.4) is 0 Å². The standard InChI is InChI=1S/C25H21N3O2S/c1-4-28-20-12-10-17(14-22(20)31-21-8-6-5-7-19(21)25(28)29)23-26-24(30-27-23)18-11-9-15(2)13-16(18)3/h5-14H,4H2,1-3H3. The highest BCUT2D eigenvalue weighted by Gasteiger charge is 2.26. The van der Waals surface area contributed by atoms with Crippen LogP contribution in [-0.4, -0.2) is 22.6 Å². The van der Waals surface area contributed by atoms with Crippen LogP contribution in [-0.2, 0) is 0 Å². The van der Waals surface area contributed by atoms with Crippen molar-refractivity contribution in [1.29, 1.82) is 0 Å². The maximum Gasteiger partial charge on any atom is 0.259 e. The van der Waals surface area contributed by atoms with Crippen LogP contribution in [0.25, 0.3) is 22.8 Å². The van der Waals surface area contributed by atoms with Gasteiger partial charge in [0, 0.05) is 27.5 Å². The van der Waals surface area contributed by atoms with Crippen molar-refractivity contribution in [2.45, 2.75) is 30.6 Å². The largest absolute Gasteiger partial charge is 0.334 e. The van der Waals surface area contributed by atoms with E-state index in [-0.39, 0.29) is 5.91 Å². The van der Waals surface area contributed by atoms with E-state index in [0.29, 0.717) is 18.3 Å². The molecule has 2 heterocycles. The second kappa shape index (κ2) is 7.71. The summed E-state index contributed by atoms with van der Waals surface area (Å²) < 4.78 is 5.58. The Balaban J connectivity index is 1.56. The lowest BCUT2D eigenvalue weighted by atomic mass is 10.1. The van der Waals surface area contributed by atoms with Crippen LogP contribution in [0.4, 0.5) is 5.69 Å². The van der Waals surface area contributed by atoms with E-state index in [0.717, 1.165) is 37.7 Å². The fourth-order valence-corrected chi connectivity index (χ4v) is 5.00. The average Bonchev–Trinajstić information content (AvgIpc) is 3.21. The summed E-state index contributed by atoms with van der Waals surface area (Å²) in [6, 6.07) is 19.8. The second-order valence-corrected chi connectivity index (χ2v) is 8.66. The molecule has 1 amide bonds. The van der Waals surface area contributed by atoms with E-state index in [1.54, 1.807) is 11.8 Å². The molecule has 4 aromatic rings. The van der Waals surface area contributed by atoms with Crippen LogP contribution < -0.4 is 4.90 Å². The maximum absolute atomic E-state index is 13.1. The van der Waals surface area contributed by atoms with Gasteiger partial charge in [0.2, 0.25) is 5.82 Å². The van der Waals surface area contributed by atoms with Gasteiger partial charge in [0.1, 0.15) is 0 Å². The molecule has 0 fully saturated rings. The number of aromatic nitrogens is 2. The molecule has 5 rings (SSSR count). The number of anilines is 1. The molecule has 31 heavy (non-hydrogen) atoms. The molecule has 0 bridgehead atoms. The Hall–Kier alpha value is -3.38. The van der Waals surface area contributed by atoms with Gasteiger partial charge < -0.3 is 9.42 Å². The molecule has 0 saturated heterocycles. The molecule has 154 valence electrons. The maximum atomic E-state index is 13.1. The van der Waals surface area contributed by atoms with Crippen LogP contribution in [0.15, 0.2) is 75.0 Å². The van der Waals surface area contributed by atoms with Crippen LogP contribution in [0.5, 0.6) is 0 Å². The fraction of sp³-hybridized carbons (Fsp3) is 0.160. The van der Waals surface area contributed by atoms with E-state index in [9.17, 15) is 4.79 Å². The highest BCUT2D eigenvalue weighted by Crippen LogP contribution is 2.42. The predicted molar refractivity (Wildman–Crippen MR) is 123 cm³/mol. The van der Waals surface area contributed by atoms with Gasteiger partial charge in [-0.25, -0.2) is 0 Å². The molecule has 0 spiro atoms. The quantitative estimate of drug-likeness (QED) is 0.392. The summed E-state index contributed by atoms with van der Waals surface area (Å²) in [5.41, 5.74) is 5.71. The summed E-state index contributed by atoms with van der Waals surface area (Å²) in [5, 5.41) is 4.22. The van der Waals surface area contributed by atoms with Crippen molar-refractivity contribution in [2.75, 3.05) is 11.4 Å². The van der Waals surface area contributed by atoms with Gasteiger partial charge in [-0.3, -0.25) is 4.79 Å². The molecule has 5 nitrogen and oxygen atoms in total. The van der Waals surface area contributed by atoms with Crippen LogP contribution in [0.1, 0.15) is 28.4 Å². The highest BCUT2D eigenvalue weighted by atomic mass is 32.2. The third-order valence-electron chi connectivity index (χ3n) is 5.45. The van der Waals surface area contributed by atoms with Gasteiger partial charge in [0.15, 0.2) is 0 Å². The second-order valence-electron chi connectivity index (χ2n) is 7.57. The van der Waals surface area contributed by atoms with Crippen molar-refractivity contribution in [3.8, 4) is 22.8 Å². The summed E-state index contributed by atoms with van der Waals surface area (Å²) in [6.45, 7) is 6.69. The van der Waals surface area contributed by atoms with Crippen molar-refractivity contribution in [2.24, 2.45) is 0 Å². The number of nitrogens with zero attached hydrogens (tertiary/aromatic N) is 3. The van der Waals surface area contributed by atoms with Gasteiger partial charge in [0.25, 0.3) is 11.8 Å². The monoisotopic (exact) mass is 427 g/mol. The van der Waals surface area contributed by atoms with Gasteiger partial charge in [-0.15, -0.1) is 0 Å². The van der Waals surface area contributed by atoms with E-state index < -0.39 is 0 Å². The predicted octanol–water partition coefficient (Wildman–Crippen LogP) is 6.15. The van der Waals surface area contributed by atoms with Crippen LogP contribution in [0.2, 0.25) is 0 Å². The highest BCUT2D eigenvalue weighted by molar-refractivity contribution is 7.99. The Kier molecular flexibility index (Phi) is 4.87. The minimum absolute atomic E-state index is 0.0220. The number of aryl methyl sites for hydroxylation is 2. The van der Waals surface area contributed by atoms with E-state index in [1.165, 1.54) is 5.56 Å². The first kappa shape index (κ1) is 19.6. The van der Waals surface area contributed by atoms with Crippen molar-refractivity contribution in [3.05, 3.63) is 77.4 Å². The summed E-state index contributed by atoms with van der Waals surface area (Å²) in [4.78, 5) is 21.5. The zero-order valence-corrected chi connectivity index (χ0v) is 18.4. The first-order valence-electron chi connectivity index (χ1n) is 10.2. The minimum Gasteiger partial charge on any atom is -0.334 e. The smallest absolute Gasteiger partial charge is 0.259 e. The van der Waals surface area contributed by atoms with Gasteiger partial charge >= 0.3 is 0 Å². The molecule has 6 heteroatoms. The molecular weight excluding hydrogens is 406 g/mol. The van der Waals surface area contributed by atoms with Crippen molar-refractivity contribution in [3.63, 3.8) is 0 Å². The van der Waals surface area contributed by atoms with E-state index in [1.807, 2.05) is 73.3 Å². The number of benzene rings is 3. The van der Waals surface area contributed by atoms with E-state index in [2.05, 4.69) is 23.1 Å². The number of rotatable bonds is 3. The Morgan fingerprint density at radius 3 is 2.61 bits per heavy atom. The third kappa shape index (κ3) is 3.43. The van der Waals surface area contributed by atoms with E-state index >= 15 is 0 Å². The van der Waals surface area contributed by atoms with Gasteiger partial charge in [-0.05, 0) is 62.7 Å². The summed E-state index contributed by atoms with van der Waals surface area (Å²) in [5.74, 6) is 1.06. The van der Waals surface area contributed by atoms with Crippen LogP contribution >= 0.6 is 11.8 Å². The Labute approximate surface area is 185 Å². The zero-order valence-electron chi connectivity index (χ0n) is 17.5.